The van der Waals surface area contributed by atoms with E-state index in [1.54, 1.807) is 28.5 Å². The summed E-state index contributed by atoms with van der Waals surface area (Å²) in [6.07, 6.45) is 1.92. The first-order valence-electron chi connectivity index (χ1n) is 8.24. The third kappa shape index (κ3) is 2.71. The van der Waals surface area contributed by atoms with Gasteiger partial charge in [0.05, 0.1) is 0 Å². The van der Waals surface area contributed by atoms with E-state index in [-0.39, 0.29) is 17.7 Å². The van der Waals surface area contributed by atoms with Crippen molar-refractivity contribution < 1.29 is 14.4 Å². The monoisotopic (exact) mass is 309 g/mol. The van der Waals surface area contributed by atoms with Crippen LogP contribution < -0.4 is 0 Å². The van der Waals surface area contributed by atoms with E-state index in [2.05, 4.69) is 0 Å². The van der Waals surface area contributed by atoms with E-state index in [4.69, 9.17) is 0 Å². The average molecular weight is 309 g/mol. The number of amides is 3. The van der Waals surface area contributed by atoms with Crippen LogP contribution in [0, 0.1) is 0 Å². The van der Waals surface area contributed by atoms with Crippen LogP contribution in [-0.2, 0) is 14.4 Å². The fourth-order valence-electron chi connectivity index (χ4n) is 3.50. The quantitative estimate of drug-likeness (QED) is 0.774. The molecule has 6 nitrogen and oxygen atoms in total. The highest BCUT2D eigenvalue weighted by molar-refractivity contribution is 5.95. The fourth-order valence-corrected chi connectivity index (χ4v) is 3.50. The fraction of sp³-hybridized carbons (Fsp3) is 0.812. The summed E-state index contributed by atoms with van der Waals surface area (Å²) in [5.41, 5.74) is -0.846. The van der Waals surface area contributed by atoms with E-state index in [9.17, 15) is 14.4 Å². The summed E-state index contributed by atoms with van der Waals surface area (Å²) in [6, 6.07) is -0.435. The van der Waals surface area contributed by atoms with Gasteiger partial charge in [-0.05, 0) is 33.6 Å². The summed E-state index contributed by atoms with van der Waals surface area (Å²) in [7, 11) is 0. The molecule has 0 spiro atoms. The van der Waals surface area contributed by atoms with Crippen LogP contribution in [0.1, 0.15) is 47.0 Å². The molecule has 1 atom stereocenters. The van der Waals surface area contributed by atoms with Crippen LogP contribution in [0.2, 0.25) is 0 Å². The van der Waals surface area contributed by atoms with Crippen LogP contribution in [0.15, 0.2) is 0 Å². The molecule has 0 saturated carbocycles. The SMILES string of the molecule is CCC(C(=O)N1CCN(CC)C(=O)C1(C)C)N1CCCC1=O. The lowest BCUT2D eigenvalue weighted by atomic mass is 9.95. The minimum atomic E-state index is -0.846. The molecule has 2 aliphatic heterocycles. The number of piperazine rings is 1. The van der Waals surface area contributed by atoms with Crippen molar-refractivity contribution in [1.29, 1.82) is 0 Å². The Morgan fingerprint density at radius 1 is 1.18 bits per heavy atom. The average Bonchev–Trinajstić information content (AvgIpc) is 2.89. The predicted molar refractivity (Wildman–Crippen MR) is 83.1 cm³/mol. The van der Waals surface area contributed by atoms with Gasteiger partial charge >= 0.3 is 0 Å². The molecule has 6 heteroatoms. The van der Waals surface area contributed by atoms with Gasteiger partial charge in [0, 0.05) is 32.6 Å². The van der Waals surface area contributed by atoms with Crippen LogP contribution in [0.4, 0.5) is 0 Å². The Hall–Kier alpha value is -1.59. The number of likely N-dealkylation sites (N-methyl/N-ethyl adjacent to an activating group) is 1. The zero-order chi connectivity index (χ0) is 16.5. The van der Waals surface area contributed by atoms with Crippen LogP contribution in [-0.4, -0.2) is 70.2 Å². The normalized spacial score (nSPS) is 23.2. The number of hydrogen-bond acceptors (Lipinski definition) is 3. The maximum absolute atomic E-state index is 13.0. The Morgan fingerprint density at radius 2 is 1.86 bits per heavy atom. The van der Waals surface area contributed by atoms with E-state index >= 15 is 0 Å². The molecule has 22 heavy (non-hydrogen) atoms. The van der Waals surface area contributed by atoms with Crippen LogP contribution in [0.3, 0.4) is 0 Å². The van der Waals surface area contributed by atoms with Gasteiger partial charge in [-0.1, -0.05) is 6.92 Å². The van der Waals surface area contributed by atoms with Crippen molar-refractivity contribution in [3.05, 3.63) is 0 Å². The number of rotatable bonds is 4. The largest absolute Gasteiger partial charge is 0.339 e. The molecule has 2 aliphatic rings. The highest BCUT2D eigenvalue weighted by Crippen LogP contribution is 2.26. The Morgan fingerprint density at radius 3 is 2.36 bits per heavy atom. The van der Waals surface area contributed by atoms with Crippen LogP contribution >= 0.6 is 0 Å². The van der Waals surface area contributed by atoms with Gasteiger partial charge in [-0.3, -0.25) is 14.4 Å². The third-order valence-corrected chi connectivity index (χ3v) is 4.88. The zero-order valence-electron chi connectivity index (χ0n) is 14.1. The maximum Gasteiger partial charge on any atom is 0.248 e. The lowest BCUT2D eigenvalue weighted by Gasteiger charge is -2.47. The van der Waals surface area contributed by atoms with E-state index in [0.29, 0.717) is 39.0 Å². The van der Waals surface area contributed by atoms with E-state index in [0.717, 1.165) is 6.42 Å². The minimum absolute atomic E-state index is 0.0165. The van der Waals surface area contributed by atoms with Gasteiger partial charge in [-0.2, -0.15) is 0 Å². The van der Waals surface area contributed by atoms with Gasteiger partial charge in [0.15, 0.2) is 0 Å². The molecule has 0 aromatic heterocycles. The van der Waals surface area contributed by atoms with Crippen molar-refractivity contribution in [2.75, 3.05) is 26.2 Å². The molecule has 1 unspecified atom stereocenters. The summed E-state index contributed by atoms with van der Waals surface area (Å²) in [5.74, 6) is -0.0550. The molecule has 2 heterocycles. The van der Waals surface area contributed by atoms with E-state index < -0.39 is 11.6 Å². The van der Waals surface area contributed by atoms with Gasteiger partial charge in [-0.25, -0.2) is 0 Å². The van der Waals surface area contributed by atoms with Gasteiger partial charge in [0.25, 0.3) is 0 Å². The highest BCUT2D eigenvalue weighted by Gasteiger charge is 2.46. The van der Waals surface area contributed by atoms with Crippen molar-refractivity contribution in [2.45, 2.75) is 58.5 Å². The first-order valence-corrected chi connectivity index (χ1v) is 8.24. The second kappa shape index (κ2) is 6.26. The molecule has 124 valence electrons. The second-order valence-corrected chi connectivity index (χ2v) is 6.55. The standard InChI is InChI=1S/C16H27N3O3/c1-5-12(18-9-7-8-13(18)20)14(21)19-11-10-17(6-2)15(22)16(19,3)4/h12H,5-11H2,1-4H3. The van der Waals surface area contributed by atoms with Crippen molar-refractivity contribution in [3.63, 3.8) is 0 Å². The van der Waals surface area contributed by atoms with Crippen molar-refractivity contribution in [1.82, 2.24) is 14.7 Å². The van der Waals surface area contributed by atoms with E-state index in [1.807, 2.05) is 13.8 Å². The Kier molecular flexibility index (Phi) is 4.78. The number of nitrogens with zero attached hydrogens (tertiary/aromatic N) is 3. The molecular weight excluding hydrogens is 282 g/mol. The predicted octanol–water partition coefficient (Wildman–Crippen LogP) is 0.857. The first-order chi connectivity index (χ1) is 10.3. The first kappa shape index (κ1) is 16.8. The van der Waals surface area contributed by atoms with E-state index in [1.165, 1.54) is 0 Å². The smallest absolute Gasteiger partial charge is 0.248 e. The summed E-state index contributed by atoms with van der Waals surface area (Å²) in [4.78, 5) is 42.6. The molecule has 0 radical (unpaired) electrons. The lowest BCUT2D eigenvalue weighted by Crippen LogP contribution is -2.67. The van der Waals surface area contributed by atoms with Gasteiger partial charge < -0.3 is 14.7 Å². The number of carbonyl (C=O) groups is 3. The minimum Gasteiger partial charge on any atom is -0.339 e. The molecule has 0 N–H and O–H groups in total. The molecular formula is C16H27N3O3. The Bertz CT molecular complexity index is 475. The van der Waals surface area contributed by atoms with Crippen molar-refractivity contribution in [2.24, 2.45) is 0 Å². The maximum atomic E-state index is 13.0. The van der Waals surface area contributed by atoms with Gasteiger partial charge in [0.1, 0.15) is 11.6 Å². The highest BCUT2D eigenvalue weighted by atomic mass is 16.2. The summed E-state index contributed by atoms with van der Waals surface area (Å²) >= 11 is 0. The molecule has 2 rings (SSSR count). The van der Waals surface area contributed by atoms with Crippen LogP contribution in [0.25, 0.3) is 0 Å². The van der Waals surface area contributed by atoms with Crippen LogP contribution in [0.5, 0.6) is 0 Å². The third-order valence-electron chi connectivity index (χ3n) is 4.88. The molecule has 2 saturated heterocycles. The second-order valence-electron chi connectivity index (χ2n) is 6.55. The molecule has 0 aliphatic carbocycles. The number of likely N-dealkylation sites (tertiary alicyclic amines) is 1. The zero-order valence-corrected chi connectivity index (χ0v) is 14.1. The summed E-state index contributed by atoms with van der Waals surface area (Å²) in [5, 5.41) is 0. The molecule has 2 fully saturated rings. The summed E-state index contributed by atoms with van der Waals surface area (Å²) in [6.45, 7) is 9.87. The Labute approximate surface area is 132 Å². The van der Waals surface area contributed by atoms with Gasteiger partial charge in [0.2, 0.25) is 17.7 Å². The Balaban J connectivity index is 2.20. The molecule has 3 amide bonds. The topological polar surface area (TPSA) is 60.9 Å². The molecule has 0 aromatic rings. The molecule has 0 bridgehead atoms. The van der Waals surface area contributed by atoms with Crippen molar-refractivity contribution >= 4 is 17.7 Å². The number of hydrogen-bond donors (Lipinski definition) is 0. The summed E-state index contributed by atoms with van der Waals surface area (Å²) < 4.78 is 0. The van der Waals surface area contributed by atoms with Gasteiger partial charge in [-0.15, -0.1) is 0 Å². The van der Waals surface area contributed by atoms with Crippen molar-refractivity contribution in [3.8, 4) is 0 Å². The number of carbonyl (C=O) groups excluding carboxylic acids is 3. The molecule has 0 aromatic carbocycles. The lowest BCUT2D eigenvalue weighted by molar-refractivity contribution is -0.162.